The first-order chi connectivity index (χ1) is 15.3. The summed E-state index contributed by atoms with van der Waals surface area (Å²) < 4.78 is 26.0. The number of methoxy groups -OCH3 is 4. The molecule has 12 nitrogen and oxygen atoms in total. The van der Waals surface area contributed by atoms with E-state index in [1.165, 1.54) is 40.6 Å². The molecule has 0 radical (unpaired) electrons. The van der Waals surface area contributed by atoms with Gasteiger partial charge in [0.1, 0.15) is 5.56 Å². The summed E-state index contributed by atoms with van der Waals surface area (Å²) in [6, 6.07) is 5.00. The smallest absolute Gasteiger partial charge is 0.286 e. The van der Waals surface area contributed by atoms with Gasteiger partial charge in [0, 0.05) is 11.6 Å². The standard InChI is InChI=1S/C20H23N3O9/c1-6-32-15-10-13(23(26)27)12(9-14(15)28-2)20(25)22-21-19(24)11-7-16(29-3)18(31-5)17(8-11)30-4/h7-10H,6H2,1-5H3,(H,21,24)(H,22,25). The Labute approximate surface area is 183 Å². The molecule has 2 aromatic rings. The van der Waals surface area contributed by atoms with Crippen LogP contribution in [0, 0.1) is 10.1 Å². The van der Waals surface area contributed by atoms with E-state index in [0.29, 0.717) is 0 Å². The zero-order chi connectivity index (χ0) is 23.8. The quantitative estimate of drug-likeness (QED) is 0.434. The number of hydrogen-bond donors (Lipinski definition) is 2. The van der Waals surface area contributed by atoms with Gasteiger partial charge in [0.05, 0.1) is 46.0 Å². The minimum Gasteiger partial charge on any atom is -0.493 e. The monoisotopic (exact) mass is 449 g/mol. The third-order valence-electron chi connectivity index (χ3n) is 4.24. The molecule has 172 valence electrons. The van der Waals surface area contributed by atoms with E-state index in [2.05, 4.69) is 10.9 Å². The van der Waals surface area contributed by atoms with Crippen LogP contribution in [0.2, 0.25) is 0 Å². The van der Waals surface area contributed by atoms with Gasteiger partial charge in [-0.05, 0) is 19.1 Å². The molecule has 0 fully saturated rings. The first-order valence-electron chi connectivity index (χ1n) is 9.21. The number of carbonyl (C=O) groups is 2. The lowest BCUT2D eigenvalue weighted by Gasteiger charge is -2.15. The van der Waals surface area contributed by atoms with Crippen molar-refractivity contribution in [1.29, 1.82) is 0 Å². The van der Waals surface area contributed by atoms with Crippen LogP contribution in [0.25, 0.3) is 0 Å². The Morgan fingerprint density at radius 1 is 0.844 bits per heavy atom. The van der Waals surface area contributed by atoms with Crippen molar-refractivity contribution in [3.63, 3.8) is 0 Å². The van der Waals surface area contributed by atoms with Crippen molar-refractivity contribution in [1.82, 2.24) is 10.9 Å². The molecule has 32 heavy (non-hydrogen) atoms. The highest BCUT2D eigenvalue weighted by Crippen LogP contribution is 2.38. The van der Waals surface area contributed by atoms with Crippen LogP contribution in [0.3, 0.4) is 0 Å². The maximum atomic E-state index is 12.6. The maximum absolute atomic E-state index is 12.6. The number of benzene rings is 2. The van der Waals surface area contributed by atoms with Gasteiger partial charge in [-0.3, -0.25) is 30.6 Å². The summed E-state index contributed by atoms with van der Waals surface area (Å²) in [5.74, 6) is -0.673. The third kappa shape index (κ3) is 5.09. The summed E-state index contributed by atoms with van der Waals surface area (Å²) >= 11 is 0. The number of carbonyl (C=O) groups excluding carboxylic acids is 2. The molecule has 0 atom stereocenters. The molecule has 2 N–H and O–H groups in total. The molecule has 2 aromatic carbocycles. The third-order valence-corrected chi connectivity index (χ3v) is 4.24. The van der Waals surface area contributed by atoms with Crippen molar-refractivity contribution in [3.8, 4) is 28.7 Å². The van der Waals surface area contributed by atoms with Crippen molar-refractivity contribution < 1.29 is 38.2 Å². The molecule has 0 saturated heterocycles. The van der Waals surface area contributed by atoms with E-state index in [0.717, 1.165) is 12.1 Å². The summed E-state index contributed by atoms with van der Waals surface area (Å²) in [5, 5.41) is 11.4. The Morgan fingerprint density at radius 2 is 1.41 bits per heavy atom. The van der Waals surface area contributed by atoms with E-state index in [4.69, 9.17) is 23.7 Å². The normalized spacial score (nSPS) is 10.0. The van der Waals surface area contributed by atoms with Crippen LogP contribution in [0.1, 0.15) is 27.6 Å². The summed E-state index contributed by atoms with van der Waals surface area (Å²) in [4.78, 5) is 35.8. The highest BCUT2D eigenvalue weighted by atomic mass is 16.6. The summed E-state index contributed by atoms with van der Waals surface area (Å²) in [6.45, 7) is 1.94. The van der Waals surface area contributed by atoms with Crippen LogP contribution in [0.4, 0.5) is 5.69 Å². The highest BCUT2D eigenvalue weighted by Gasteiger charge is 2.25. The number of nitro benzene ring substituents is 1. The zero-order valence-electron chi connectivity index (χ0n) is 18.1. The topological polar surface area (TPSA) is 147 Å². The van der Waals surface area contributed by atoms with Crippen LogP contribution < -0.4 is 34.5 Å². The Balaban J connectivity index is 2.29. The first-order valence-corrected chi connectivity index (χ1v) is 9.21. The molecule has 0 aromatic heterocycles. The lowest BCUT2D eigenvalue weighted by molar-refractivity contribution is -0.385. The lowest BCUT2D eigenvalue weighted by Crippen LogP contribution is -2.41. The van der Waals surface area contributed by atoms with Crippen LogP contribution in [0.15, 0.2) is 24.3 Å². The zero-order valence-corrected chi connectivity index (χ0v) is 18.1. The molecule has 0 spiro atoms. The fourth-order valence-corrected chi connectivity index (χ4v) is 2.78. The Morgan fingerprint density at radius 3 is 1.88 bits per heavy atom. The molecule has 0 bridgehead atoms. The summed E-state index contributed by atoms with van der Waals surface area (Å²) in [7, 11) is 5.52. The molecule has 0 aliphatic heterocycles. The number of rotatable bonds is 9. The minimum absolute atomic E-state index is 0.0820. The van der Waals surface area contributed by atoms with Crippen molar-refractivity contribution in [2.24, 2.45) is 0 Å². The molecule has 0 aliphatic carbocycles. The summed E-state index contributed by atoms with van der Waals surface area (Å²) in [6.07, 6.45) is 0. The number of hydrazine groups is 1. The molecule has 0 aliphatic rings. The van der Waals surface area contributed by atoms with Gasteiger partial charge in [0.25, 0.3) is 17.5 Å². The van der Waals surface area contributed by atoms with Crippen LogP contribution in [-0.2, 0) is 0 Å². The Hall–Kier alpha value is -4.22. The van der Waals surface area contributed by atoms with Crippen molar-refractivity contribution in [2.45, 2.75) is 6.92 Å². The van der Waals surface area contributed by atoms with Gasteiger partial charge in [0.15, 0.2) is 23.0 Å². The van der Waals surface area contributed by atoms with Crippen LogP contribution >= 0.6 is 0 Å². The van der Waals surface area contributed by atoms with Gasteiger partial charge in [-0.15, -0.1) is 0 Å². The van der Waals surface area contributed by atoms with Crippen LogP contribution in [-0.4, -0.2) is 51.8 Å². The molecule has 0 heterocycles. The Kier molecular flexibility index (Phi) is 8.04. The fraction of sp³-hybridized carbons (Fsp3) is 0.300. The van der Waals surface area contributed by atoms with Gasteiger partial charge in [-0.1, -0.05) is 0 Å². The van der Waals surface area contributed by atoms with E-state index < -0.39 is 22.4 Å². The number of amides is 2. The number of nitro groups is 1. The van der Waals surface area contributed by atoms with E-state index in [1.807, 2.05) is 0 Å². The van der Waals surface area contributed by atoms with Gasteiger partial charge in [-0.2, -0.15) is 0 Å². The molecular formula is C20H23N3O9. The highest BCUT2D eigenvalue weighted by molar-refractivity contribution is 6.02. The van der Waals surface area contributed by atoms with E-state index in [1.54, 1.807) is 6.92 Å². The van der Waals surface area contributed by atoms with Crippen molar-refractivity contribution >= 4 is 17.5 Å². The predicted molar refractivity (Wildman–Crippen MR) is 112 cm³/mol. The largest absolute Gasteiger partial charge is 0.493 e. The maximum Gasteiger partial charge on any atom is 0.286 e. The van der Waals surface area contributed by atoms with Gasteiger partial charge in [-0.25, -0.2) is 0 Å². The molecule has 12 heteroatoms. The molecule has 2 amide bonds. The van der Waals surface area contributed by atoms with Gasteiger partial charge in [0.2, 0.25) is 5.75 Å². The van der Waals surface area contributed by atoms with E-state index >= 15 is 0 Å². The van der Waals surface area contributed by atoms with Gasteiger partial charge >= 0.3 is 0 Å². The molecule has 0 saturated carbocycles. The predicted octanol–water partition coefficient (Wildman–Crippen LogP) is 2.10. The lowest BCUT2D eigenvalue weighted by atomic mass is 10.1. The number of nitrogens with zero attached hydrogens (tertiary/aromatic N) is 1. The second kappa shape index (κ2) is 10.7. The second-order valence-corrected chi connectivity index (χ2v) is 6.03. The van der Waals surface area contributed by atoms with Crippen molar-refractivity contribution in [2.75, 3.05) is 35.0 Å². The number of ether oxygens (including phenoxy) is 5. The second-order valence-electron chi connectivity index (χ2n) is 6.03. The molecular weight excluding hydrogens is 426 g/mol. The van der Waals surface area contributed by atoms with E-state index in [-0.39, 0.29) is 46.5 Å². The van der Waals surface area contributed by atoms with Crippen LogP contribution in [0.5, 0.6) is 28.7 Å². The van der Waals surface area contributed by atoms with Crippen molar-refractivity contribution in [3.05, 3.63) is 45.5 Å². The number of hydrogen-bond acceptors (Lipinski definition) is 9. The number of nitrogens with one attached hydrogen (secondary N) is 2. The summed E-state index contributed by atoms with van der Waals surface area (Å²) in [5.41, 5.74) is 3.57. The Bertz CT molecular complexity index is 999. The SMILES string of the molecule is CCOc1cc([N+](=O)[O-])c(C(=O)NNC(=O)c2cc(OC)c(OC)c(OC)c2)cc1OC. The fourth-order valence-electron chi connectivity index (χ4n) is 2.78. The molecule has 0 unspecified atom stereocenters. The van der Waals surface area contributed by atoms with Gasteiger partial charge < -0.3 is 23.7 Å². The van der Waals surface area contributed by atoms with E-state index in [9.17, 15) is 19.7 Å². The average Bonchev–Trinajstić information content (AvgIpc) is 2.80. The first kappa shape index (κ1) is 24.1. The average molecular weight is 449 g/mol. The molecule has 2 rings (SSSR count). The minimum atomic E-state index is -0.932.